The number of rotatable bonds is 3. The summed E-state index contributed by atoms with van der Waals surface area (Å²) in [4.78, 5) is 12.2. The number of aromatic nitrogens is 2. The van der Waals surface area contributed by atoms with Crippen molar-refractivity contribution in [3.63, 3.8) is 0 Å². The highest BCUT2D eigenvalue weighted by Crippen LogP contribution is 2.17. The first kappa shape index (κ1) is 15.2. The van der Waals surface area contributed by atoms with E-state index in [2.05, 4.69) is 27.4 Å². The van der Waals surface area contributed by atoms with E-state index in [-0.39, 0.29) is 12.5 Å². The van der Waals surface area contributed by atoms with Crippen LogP contribution in [0.25, 0.3) is 0 Å². The van der Waals surface area contributed by atoms with E-state index in [1.54, 1.807) is 12.1 Å². The topological polar surface area (TPSA) is 75.1 Å². The van der Waals surface area contributed by atoms with Gasteiger partial charge in [0.1, 0.15) is 11.6 Å². The van der Waals surface area contributed by atoms with Crippen LogP contribution in [0.5, 0.6) is 0 Å². The highest BCUT2D eigenvalue weighted by Gasteiger charge is 2.10. The number of benzene rings is 1. The van der Waals surface area contributed by atoms with Crippen LogP contribution in [0.2, 0.25) is 0 Å². The second-order valence-corrected chi connectivity index (χ2v) is 5.42. The Balaban J connectivity index is 2.20. The van der Waals surface area contributed by atoms with Crippen LogP contribution in [-0.4, -0.2) is 27.8 Å². The molecule has 0 bridgehead atoms. The van der Waals surface area contributed by atoms with Crippen LogP contribution in [0.3, 0.4) is 0 Å². The van der Waals surface area contributed by atoms with Gasteiger partial charge in [-0.05, 0) is 37.1 Å². The first-order valence-corrected chi connectivity index (χ1v) is 7.29. The molecule has 1 aromatic heterocycles. The fourth-order valence-corrected chi connectivity index (χ4v) is 2.42. The molecule has 1 aromatic carbocycles. The summed E-state index contributed by atoms with van der Waals surface area (Å²) in [6.45, 7) is 3.67. The molecule has 1 heterocycles. The van der Waals surface area contributed by atoms with Crippen molar-refractivity contribution in [3.05, 3.63) is 39.9 Å². The molecule has 2 N–H and O–H groups in total. The summed E-state index contributed by atoms with van der Waals surface area (Å²) in [6.07, 6.45) is 0.791. The number of hydrogen-bond donors (Lipinski definition) is 2. The quantitative estimate of drug-likeness (QED) is 0.850. The number of nitrogens with one attached hydrogen (secondary N) is 1. The Hall–Kier alpha value is -2.23. The second kappa shape index (κ2) is 6.97. The van der Waals surface area contributed by atoms with E-state index in [0.717, 1.165) is 17.0 Å². The van der Waals surface area contributed by atoms with E-state index >= 15 is 0 Å². The van der Waals surface area contributed by atoms with Crippen LogP contribution in [0.1, 0.15) is 33.4 Å². The lowest BCUT2D eigenvalue weighted by molar-refractivity contribution is 0.102. The van der Waals surface area contributed by atoms with Gasteiger partial charge in [0.2, 0.25) is 5.13 Å². The molecule has 0 saturated heterocycles. The molecule has 6 heteroatoms. The minimum Gasteiger partial charge on any atom is -0.384 e. The van der Waals surface area contributed by atoms with E-state index in [4.69, 9.17) is 5.11 Å². The Morgan fingerprint density at radius 2 is 2.19 bits per heavy atom. The number of hydrogen-bond acceptors (Lipinski definition) is 5. The number of aryl methyl sites for hydroxylation is 2. The first-order valence-electron chi connectivity index (χ1n) is 6.47. The molecule has 2 rings (SSSR count). The third kappa shape index (κ3) is 4.12. The van der Waals surface area contributed by atoms with Gasteiger partial charge in [0, 0.05) is 11.1 Å². The molecule has 0 aliphatic carbocycles. The number of aliphatic hydroxyl groups excluding tert-OH is 1. The fourth-order valence-electron chi connectivity index (χ4n) is 1.74. The monoisotopic (exact) mass is 301 g/mol. The van der Waals surface area contributed by atoms with Crippen LogP contribution in [0, 0.1) is 18.8 Å². The van der Waals surface area contributed by atoms with E-state index in [1.807, 2.05) is 19.9 Å². The van der Waals surface area contributed by atoms with Gasteiger partial charge in [0.15, 0.2) is 0 Å². The maximum atomic E-state index is 12.2. The van der Waals surface area contributed by atoms with Crippen molar-refractivity contribution >= 4 is 22.4 Å². The SMILES string of the molecule is CCc1nnc(NC(=O)c2cc(C)cc(C#CCO)c2)s1. The lowest BCUT2D eigenvalue weighted by atomic mass is 10.1. The lowest BCUT2D eigenvalue weighted by Crippen LogP contribution is -2.12. The molecule has 1 amide bonds. The zero-order chi connectivity index (χ0) is 15.2. The Morgan fingerprint density at radius 3 is 2.86 bits per heavy atom. The van der Waals surface area contributed by atoms with E-state index < -0.39 is 0 Å². The van der Waals surface area contributed by atoms with Gasteiger partial charge in [-0.3, -0.25) is 10.1 Å². The van der Waals surface area contributed by atoms with E-state index in [9.17, 15) is 4.79 Å². The third-order valence-corrected chi connectivity index (χ3v) is 3.62. The maximum absolute atomic E-state index is 12.2. The summed E-state index contributed by atoms with van der Waals surface area (Å²) in [7, 11) is 0. The molecule has 5 nitrogen and oxygen atoms in total. The summed E-state index contributed by atoms with van der Waals surface area (Å²) >= 11 is 1.36. The molecular formula is C15H15N3O2S. The van der Waals surface area contributed by atoms with Gasteiger partial charge in [-0.2, -0.15) is 0 Å². The normalized spacial score (nSPS) is 9.86. The first-order chi connectivity index (χ1) is 10.1. The van der Waals surface area contributed by atoms with Gasteiger partial charge < -0.3 is 5.11 Å². The molecule has 21 heavy (non-hydrogen) atoms. The molecule has 0 saturated carbocycles. The third-order valence-electron chi connectivity index (χ3n) is 2.64. The van der Waals surface area contributed by atoms with Crippen LogP contribution >= 0.6 is 11.3 Å². The second-order valence-electron chi connectivity index (χ2n) is 4.36. The number of aliphatic hydroxyl groups is 1. The van der Waals surface area contributed by atoms with Crippen molar-refractivity contribution in [3.8, 4) is 11.8 Å². The van der Waals surface area contributed by atoms with Crippen molar-refractivity contribution in [2.75, 3.05) is 11.9 Å². The predicted octanol–water partition coefficient (Wildman–Crippen LogP) is 2.01. The number of carbonyl (C=O) groups is 1. The number of carbonyl (C=O) groups excluding carboxylic acids is 1. The average molecular weight is 301 g/mol. The predicted molar refractivity (Wildman–Crippen MR) is 82.4 cm³/mol. The molecule has 0 atom stereocenters. The van der Waals surface area contributed by atoms with Gasteiger partial charge in [0.25, 0.3) is 5.91 Å². The molecule has 0 aliphatic rings. The summed E-state index contributed by atoms with van der Waals surface area (Å²) in [5.74, 6) is 5.13. The Morgan fingerprint density at radius 1 is 1.38 bits per heavy atom. The number of nitrogens with zero attached hydrogens (tertiary/aromatic N) is 2. The lowest BCUT2D eigenvalue weighted by Gasteiger charge is -2.04. The van der Waals surface area contributed by atoms with Crippen LogP contribution in [0.4, 0.5) is 5.13 Å². The highest BCUT2D eigenvalue weighted by molar-refractivity contribution is 7.15. The van der Waals surface area contributed by atoms with E-state index in [1.165, 1.54) is 11.3 Å². The maximum Gasteiger partial charge on any atom is 0.257 e. The van der Waals surface area contributed by atoms with E-state index in [0.29, 0.717) is 16.3 Å². The van der Waals surface area contributed by atoms with Crippen molar-refractivity contribution in [1.82, 2.24) is 10.2 Å². The molecular weight excluding hydrogens is 286 g/mol. The molecule has 0 spiro atoms. The van der Waals surface area contributed by atoms with Crippen molar-refractivity contribution in [2.24, 2.45) is 0 Å². The Labute approximate surface area is 127 Å². The van der Waals surface area contributed by atoms with Crippen molar-refractivity contribution < 1.29 is 9.90 Å². The van der Waals surface area contributed by atoms with Crippen molar-refractivity contribution in [1.29, 1.82) is 0 Å². The highest BCUT2D eigenvalue weighted by atomic mass is 32.1. The zero-order valence-electron chi connectivity index (χ0n) is 11.8. The minimum atomic E-state index is -0.246. The Kier molecular flexibility index (Phi) is 5.04. The van der Waals surface area contributed by atoms with Gasteiger partial charge in [0.05, 0.1) is 0 Å². The van der Waals surface area contributed by atoms with Gasteiger partial charge in [-0.1, -0.05) is 30.1 Å². The largest absolute Gasteiger partial charge is 0.384 e. The molecule has 0 fully saturated rings. The smallest absolute Gasteiger partial charge is 0.257 e. The average Bonchev–Trinajstić information content (AvgIpc) is 2.92. The molecule has 2 aromatic rings. The van der Waals surface area contributed by atoms with Gasteiger partial charge in [-0.25, -0.2) is 0 Å². The van der Waals surface area contributed by atoms with Crippen LogP contribution in [0.15, 0.2) is 18.2 Å². The van der Waals surface area contributed by atoms with Crippen LogP contribution in [-0.2, 0) is 6.42 Å². The standard InChI is InChI=1S/C15H15N3O2S/c1-3-13-17-18-15(21-13)16-14(20)12-8-10(2)7-11(9-12)5-4-6-19/h7-9,19H,3,6H2,1-2H3,(H,16,18,20). The molecule has 108 valence electrons. The van der Waals surface area contributed by atoms with Crippen molar-refractivity contribution in [2.45, 2.75) is 20.3 Å². The summed E-state index contributed by atoms with van der Waals surface area (Å²) < 4.78 is 0. The minimum absolute atomic E-state index is 0.208. The van der Waals surface area contributed by atoms with Crippen LogP contribution < -0.4 is 5.32 Å². The molecule has 0 aliphatic heterocycles. The summed E-state index contributed by atoms with van der Waals surface area (Å²) in [6, 6.07) is 5.33. The fraction of sp³-hybridized carbons (Fsp3) is 0.267. The zero-order valence-corrected chi connectivity index (χ0v) is 12.6. The molecule has 0 radical (unpaired) electrons. The number of amides is 1. The Bertz CT molecular complexity index is 713. The molecule has 0 unspecified atom stereocenters. The van der Waals surface area contributed by atoms with Gasteiger partial charge in [-0.15, -0.1) is 10.2 Å². The van der Waals surface area contributed by atoms with Gasteiger partial charge >= 0.3 is 0 Å². The summed E-state index contributed by atoms with van der Waals surface area (Å²) in [5.41, 5.74) is 2.13. The summed E-state index contributed by atoms with van der Waals surface area (Å²) in [5, 5.41) is 20.7. The number of anilines is 1.